The van der Waals surface area contributed by atoms with E-state index in [0.717, 1.165) is 6.07 Å². The van der Waals surface area contributed by atoms with Crippen molar-refractivity contribution in [2.75, 3.05) is 0 Å². The lowest BCUT2D eigenvalue weighted by Crippen LogP contribution is -2.18. The van der Waals surface area contributed by atoms with Gasteiger partial charge in [0.25, 0.3) is 3.79 Å². The lowest BCUT2D eigenvalue weighted by molar-refractivity contribution is 0.0996. The summed E-state index contributed by atoms with van der Waals surface area (Å²) in [5, 5.41) is -0.0918. The summed E-state index contributed by atoms with van der Waals surface area (Å²) < 4.78 is 10.8. The van der Waals surface area contributed by atoms with Gasteiger partial charge in [-0.15, -0.1) is 0 Å². The summed E-state index contributed by atoms with van der Waals surface area (Å²) in [6.45, 7) is 0. The van der Waals surface area contributed by atoms with Gasteiger partial charge in [0, 0.05) is 5.56 Å². The second-order valence-electron chi connectivity index (χ2n) is 2.46. The first-order valence-electron chi connectivity index (χ1n) is 3.39. The molecule has 0 saturated carbocycles. The minimum atomic E-state index is -2.08. The standard InChI is InChI=1S/C8H3Cl4FO/c9-5-2-1-4(3-6(5)13)7(14)8(10,11)12/h1-3H. The number of Topliss-reactive ketones (excluding diaryl/α,β-unsaturated/α-hetero) is 1. The maximum absolute atomic E-state index is 12.9. The van der Waals surface area contributed by atoms with Gasteiger partial charge in [-0.3, -0.25) is 4.79 Å². The summed E-state index contributed by atoms with van der Waals surface area (Å²) >= 11 is 21.4. The molecule has 14 heavy (non-hydrogen) atoms. The average molecular weight is 276 g/mol. The maximum Gasteiger partial charge on any atom is 0.253 e. The van der Waals surface area contributed by atoms with E-state index < -0.39 is 15.4 Å². The predicted octanol–water partition coefficient (Wildman–Crippen LogP) is 4.03. The second-order valence-corrected chi connectivity index (χ2v) is 5.14. The van der Waals surface area contributed by atoms with Gasteiger partial charge in [-0.2, -0.15) is 0 Å². The van der Waals surface area contributed by atoms with E-state index in [1.165, 1.54) is 12.1 Å². The van der Waals surface area contributed by atoms with E-state index in [1.807, 2.05) is 0 Å². The molecular weight excluding hydrogens is 273 g/mol. The Bertz CT molecular complexity index is 372. The lowest BCUT2D eigenvalue weighted by Gasteiger charge is -2.09. The van der Waals surface area contributed by atoms with Crippen molar-refractivity contribution >= 4 is 52.2 Å². The molecule has 0 N–H and O–H groups in total. The average Bonchev–Trinajstić information content (AvgIpc) is 2.07. The molecule has 1 aromatic carbocycles. The van der Waals surface area contributed by atoms with Crippen molar-refractivity contribution in [2.24, 2.45) is 0 Å². The number of rotatable bonds is 1. The molecule has 0 radical (unpaired) electrons. The van der Waals surface area contributed by atoms with Crippen LogP contribution in [0.2, 0.25) is 5.02 Å². The van der Waals surface area contributed by atoms with Crippen LogP contribution in [0.3, 0.4) is 0 Å². The molecule has 0 amide bonds. The highest BCUT2D eigenvalue weighted by molar-refractivity contribution is 6.77. The van der Waals surface area contributed by atoms with Crippen LogP contribution in [0.4, 0.5) is 4.39 Å². The fourth-order valence-corrected chi connectivity index (χ4v) is 1.25. The van der Waals surface area contributed by atoms with Crippen molar-refractivity contribution in [2.45, 2.75) is 3.79 Å². The van der Waals surface area contributed by atoms with Gasteiger partial charge in [-0.25, -0.2) is 4.39 Å². The molecule has 0 heterocycles. The normalized spacial score (nSPS) is 11.5. The molecular formula is C8H3Cl4FO. The predicted molar refractivity (Wildman–Crippen MR) is 56.0 cm³/mol. The maximum atomic E-state index is 12.9. The number of hydrogen-bond acceptors (Lipinski definition) is 1. The van der Waals surface area contributed by atoms with Crippen LogP contribution in [-0.4, -0.2) is 9.58 Å². The topological polar surface area (TPSA) is 17.1 Å². The van der Waals surface area contributed by atoms with E-state index in [-0.39, 0.29) is 10.6 Å². The zero-order chi connectivity index (χ0) is 10.9. The van der Waals surface area contributed by atoms with Gasteiger partial charge < -0.3 is 0 Å². The van der Waals surface area contributed by atoms with E-state index in [0.29, 0.717) is 0 Å². The highest BCUT2D eigenvalue weighted by atomic mass is 35.6. The molecule has 0 atom stereocenters. The molecule has 0 aromatic heterocycles. The van der Waals surface area contributed by atoms with Crippen LogP contribution in [-0.2, 0) is 0 Å². The van der Waals surface area contributed by atoms with E-state index in [9.17, 15) is 9.18 Å². The van der Waals surface area contributed by atoms with Gasteiger partial charge in [0.05, 0.1) is 5.02 Å². The smallest absolute Gasteiger partial charge is 0.253 e. The molecule has 0 spiro atoms. The van der Waals surface area contributed by atoms with E-state index in [2.05, 4.69) is 0 Å². The van der Waals surface area contributed by atoms with Gasteiger partial charge in [0.15, 0.2) is 0 Å². The summed E-state index contributed by atoms with van der Waals surface area (Å²) in [6, 6.07) is 3.43. The quantitative estimate of drug-likeness (QED) is 0.559. The number of carbonyl (C=O) groups is 1. The molecule has 0 unspecified atom stereocenters. The third kappa shape index (κ3) is 2.74. The lowest BCUT2D eigenvalue weighted by atomic mass is 10.1. The molecule has 0 aliphatic heterocycles. The van der Waals surface area contributed by atoms with Gasteiger partial charge in [0.1, 0.15) is 5.82 Å². The highest BCUT2D eigenvalue weighted by Gasteiger charge is 2.31. The number of ketones is 1. The van der Waals surface area contributed by atoms with E-state index in [4.69, 9.17) is 46.4 Å². The van der Waals surface area contributed by atoms with Crippen LogP contribution in [0, 0.1) is 5.82 Å². The van der Waals surface area contributed by atoms with Crippen LogP contribution in [0.25, 0.3) is 0 Å². The van der Waals surface area contributed by atoms with Crippen molar-refractivity contribution in [3.8, 4) is 0 Å². The Morgan fingerprint density at radius 3 is 2.29 bits per heavy atom. The molecule has 0 bridgehead atoms. The van der Waals surface area contributed by atoms with Crippen LogP contribution in [0.5, 0.6) is 0 Å². The molecule has 1 nitrogen and oxygen atoms in total. The molecule has 1 aromatic rings. The van der Waals surface area contributed by atoms with Crippen LogP contribution in [0.15, 0.2) is 18.2 Å². The minimum Gasteiger partial charge on any atom is -0.289 e. The zero-order valence-electron chi connectivity index (χ0n) is 6.53. The van der Waals surface area contributed by atoms with Gasteiger partial charge in [0.2, 0.25) is 5.78 Å². The Morgan fingerprint density at radius 2 is 1.86 bits per heavy atom. The SMILES string of the molecule is O=C(c1ccc(Cl)c(F)c1)C(Cl)(Cl)Cl. The fourth-order valence-electron chi connectivity index (χ4n) is 0.801. The number of carbonyl (C=O) groups excluding carboxylic acids is 1. The first kappa shape index (κ1) is 12.1. The number of hydrogen-bond donors (Lipinski definition) is 0. The number of benzene rings is 1. The summed E-state index contributed by atoms with van der Waals surface area (Å²) in [5.74, 6) is -1.52. The van der Waals surface area contributed by atoms with E-state index in [1.54, 1.807) is 0 Å². The van der Waals surface area contributed by atoms with Crippen LogP contribution >= 0.6 is 46.4 Å². The first-order chi connectivity index (χ1) is 6.32. The Morgan fingerprint density at radius 1 is 1.29 bits per heavy atom. The summed E-state index contributed by atoms with van der Waals surface area (Å²) in [6.07, 6.45) is 0. The van der Waals surface area contributed by atoms with Crippen LogP contribution < -0.4 is 0 Å². The minimum absolute atomic E-state index is 0.0353. The highest BCUT2D eigenvalue weighted by Crippen LogP contribution is 2.31. The largest absolute Gasteiger partial charge is 0.289 e. The number of alkyl halides is 3. The molecule has 0 saturated heterocycles. The van der Waals surface area contributed by atoms with Gasteiger partial charge >= 0.3 is 0 Å². The van der Waals surface area contributed by atoms with Gasteiger partial charge in [-0.05, 0) is 18.2 Å². The molecule has 76 valence electrons. The Balaban J connectivity index is 3.10. The Labute approximate surface area is 99.7 Å². The zero-order valence-corrected chi connectivity index (χ0v) is 9.55. The number of halogens is 5. The Hall–Kier alpha value is -0.0200. The summed E-state index contributed by atoms with van der Waals surface area (Å²) in [7, 11) is 0. The molecule has 0 aliphatic carbocycles. The Kier molecular flexibility index (Phi) is 3.64. The third-order valence-electron chi connectivity index (χ3n) is 1.44. The fraction of sp³-hybridized carbons (Fsp3) is 0.125. The van der Waals surface area contributed by atoms with Crippen LogP contribution in [0.1, 0.15) is 10.4 Å². The summed E-state index contributed by atoms with van der Waals surface area (Å²) in [5.41, 5.74) is -0.0353. The first-order valence-corrected chi connectivity index (χ1v) is 4.90. The second kappa shape index (κ2) is 4.23. The molecule has 0 aliphatic rings. The molecule has 0 fully saturated rings. The van der Waals surface area contributed by atoms with Crippen molar-refractivity contribution in [3.05, 3.63) is 34.6 Å². The van der Waals surface area contributed by atoms with Gasteiger partial charge in [-0.1, -0.05) is 46.4 Å². The monoisotopic (exact) mass is 274 g/mol. The van der Waals surface area contributed by atoms with E-state index >= 15 is 0 Å². The van der Waals surface area contributed by atoms with Crippen molar-refractivity contribution in [1.29, 1.82) is 0 Å². The molecule has 6 heteroatoms. The van der Waals surface area contributed by atoms with Crippen molar-refractivity contribution in [1.82, 2.24) is 0 Å². The third-order valence-corrected chi connectivity index (χ3v) is 2.26. The van der Waals surface area contributed by atoms with Crippen molar-refractivity contribution in [3.63, 3.8) is 0 Å². The van der Waals surface area contributed by atoms with Crippen molar-refractivity contribution < 1.29 is 9.18 Å². The summed E-state index contributed by atoms with van der Waals surface area (Å²) in [4.78, 5) is 11.3. The molecule has 1 rings (SSSR count).